The van der Waals surface area contributed by atoms with E-state index in [-0.39, 0.29) is 5.92 Å². The number of nitrogens with zero attached hydrogens (tertiary/aromatic N) is 1. The second-order valence-electron chi connectivity index (χ2n) is 4.67. The van der Waals surface area contributed by atoms with Gasteiger partial charge in [-0.25, -0.2) is 0 Å². The molecule has 1 saturated heterocycles. The first-order chi connectivity index (χ1) is 7.74. The third kappa shape index (κ3) is 3.38. The lowest BCUT2D eigenvalue weighted by molar-refractivity contribution is -0.136. The molecular formula is C13H24ClNO. The van der Waals surface area contributed by atoms with Crippen molar-refractivity contribution < 1.29 is 4.79 Å². The third-order valence-electron chi connectivity index (χ3n) is 3.67. The Morgan fingerprint density at radius 1 is 1.44 bits per heavy atom. The molecule has 0 radical (unpaired) electrons. The number of halogens is 1. The monoisotopic (exact) mass is 245 g/mol. The Balaban J connectivity index is 2.52. The summed E-state index contributed by atoms with van der Waals surface area (Å²) in [6, 6.07) is 0.465. The fourth-order valence-corrected chi connectivity index (χ4v) is 2.77. The Kier molecular flexibility index (Phi) is 6.18. The third-order valence-corrected chi connectivity index (χ3v) is 3.93. The highest BCUT2D eigenvalue weighted by Gasteiger charge is 2.30. The second-order valence-corrected chi connectivity index (χ2v) is 5.05. The summed E-state index contributed by atoms with van der Waals surface area (Å²) in [4.78, 5) is 14.4. The van der Waals surface area contributed by atoms with Crippen molar-refractivity contribution in [3.8, 4) is 0 Å². The number of carbonyl (C=O) groups excluding carboxylic acids is 1. The smallest absolute Gasteiger partial charge is 0.225 e. The van der Waals surface area contributed by atoms with Gasteiger partial charge in [0.05, 0.1) is 0 Å². The number of likely N-dealkylation sites (tertiary alicyclic amines) is 1. The number of amides is 1. The second kappa shape index (κ2) is 7.16. The van der Waals surface area contributed by atoms with Gasteiger partial charge in [0.2, 0.25) is 5.91 Å². The van der Waals surface area contributed by atoms with Crippen LogP contribution in [0.15, 0.2) is 0 Å². The molecule has 1 atom stereocenters. The van der Waals surface area contributed by atoms with Gasteiger partial charge in [-0.05, 0) is 38.5 Å². The molecule has 2 nitrogen and oxygen atoms in total. The summed E-state index contributed by atoms with van der Waals surface area (Å²) in [5, 5.41) is 0. The summed E-state index contributed by atoms with van der Waals surface area (Å²) >= 11 is 5.72. The summed E-state index contributed by atoms with van der Waals surface area (Å²) in [6.45, 7) is 5.17. The van der Waals surface area contributed by atoms with Gasteiger partial charge in [0.15, 0.2) is 0 Å². The molecule has 1 aliphatic heterocycles. The Morgan fingerprint density at radius 3 is 2.69 bits per heavy atom. The van der Waals surface area contributed by atoms with E-state index in [2.05, 4.69) is 18.7 Å². The van der Waals surface area contributed by atoms with E-state index in [1.165, 1.54) is 12.8 Å². The van der Waals surface area contributed by atoms with Crippen LogP contribution < -0.4 is 0 Å². The lowest BCUT2D eigenvalue weighted by Gasteiger charge is -2.28. The highest BCUT2D eigenvalue weighted by Crippen LogP contribution is 2.25. The molecule has 0 spiro atoms. The summed E-state index contributed by atoms with van der Waals surface area (Å²) in [5.74, 6) is 1.32. The van der Waals surface area contributed by atoms with Crippen molar-refractivity contribution in [2.75, 3.05) is 12.4 Å². The molecule has 0 aromatic rings. The summed E-state index contributed by atoms with van der Waals surface area (Å²) in [5.41, 5.74) is 0. The van der Waals surface area contributed by atoms with Crippen LogP contribution >= 0.6 is 11.6 Å². The van der Waals surface area contributed by atoms with Gasteiger partial charge >= 0.3 is 0 Å². The summed E-state index contributed by atoms with van der Waals surface area (Å²) in [7, 11) is 0. The zero-order valence-corrected chi connectivity index (χ0v) is 11.3. The van der Waals surface area contributed by atoms with Gasteiger partial charge in [0.1, 0.15) is 0 Å². The molecule has 1 amide bonds. The van der Waals surface area contributed by atoms with Crippen LogP contribution in [0.1, 0.15) is 52.4 Å². The minimum Gasteiger partial charge on any atom is -0.339 e. The normalized spacial score (nSPS) is 20.8. The molecule has 94 valence electrons. The average Bonchev–Trinajstić information content (AvgIpc) is 2.75. The van der Waals surface area contributed by atoms with Crippen molar-refractivity contribution >= 4 is 17.5 Å². The summed E-state index contributed by atoms with van der Waals surface area (Å²) in [6.07, 6.45) is 6.37. The average molecular weight is 246 g/mol. The van der Waals surface area contributed by atoms with Crippen LogP contribution in [0.3, 0.4) is 0 Å². The molecule has 0 N–H and O–H groups in total. The van der Waals surface area contributed by atoms with Gasteiger partial charge < -0.3 is 4.90 Å². The Bertz CT molecular complexity index is 216. The standard InChI is InChI=1S/C13H24ClNO/c1-3-11(4-2)13(16)15-10-6-8-12(15)7-5-9-14/h11-12H,3-10H2,1-2H3. The SMILES string of the molecule is CCC(CC)C(=O)N1CCCC1CCCCl. The molecule has 0 bridgehead atoms. The van der Waals surface area contributed by atoms with Gasteiger partial charge in [-0.2, -0.15) is 0 Å². The van der Waals surface area contributed by atoms with E-state index in [1.54, 1.807) is 0 Å². The van der Waals surface area contributed by atoms with Crippen LogP contribution in [0.2, 0.25) is 0 Å². The number of carbonyl (C=O) groups is 1. The quantitative estimate of drug-likeness (QED) is 0.657. The molecule has 3 heteroatoms. The van der Waals surface area contributed by atoms with Gasteiger partial charge in [-0.1, -0.05) is 13.8 Å². The lowest BCUT2D eigenvalue weighted by atomic mass is 10.0. The minimum atomic E-state index is 0.233. The molecule has 0 saturated carbocycles. The topological polar surface area (TPSA) is 20.3 Å². The van der Waals surface area contributed by atoms with Crippen molar-refractivity contribution in [1.82, 2.24) is 4.90 Å². The first-order valence-electron chi connectivity index (χ1n) is 6.61. The predicted molar refractivity (Wildman–Crippen MR) is 68.8 cm³/mol. The zero-order chi connectivity index (χ0) is 12.0. The predicted octanol–water partition coefficient (Wildman–Crippen LogP) is 3.43. The van der Waals surface area contributed by atoms with Gasteiger partial charge in [-0.3, -0.25) is 4.79 Å². The number of hydrogen-bond donors (Lipinski definition) is 0. The highest BCUT2D eigenvalue weighted by atomic mass is 35.5. The Labute approximate surface area is 104 Å². The Hall–Kier alpha value is -0.240. The van der Waals surface area contributed by atoms with Crippen molar-refractivity contribution in [2.45, 2.75) is 58.4 Å². The van der Waals surface area contributed by atoms with Crippen molar-refractivity contribution in [3.63, 3.8) is 0 Å². The summed E-state index contributed by atoms with van der Waals surface area (Å²) < 4.78 is 0. The Morgan fingerprint density at radius 2 is 2.12 bits per heavy atom. The first-order valence-corrected chi connectivity index (χ1v) is 7.14. The number of alkyl halides is 1. The molecule has 1 unspecified atom stereocenters. The highest BCUT2D eigenvalue weighted by molar-refractivity contribution is 6.17. The zero-order valence-electron chi connectivity index (χ0n) is 10.5. The molecular weight excluding hydrogens is 222 g/mol. The van der Waals surface area contributed by atoms with E-state index in [9.17, 15) is 4.79 Å². The molecule has 1 rings (SSSR count). The van der Waals surface area contributed by atoms with Crippen molar-refractivity contribution in [3.05, 3.63) is 0 Å². The van der Waals surface area contributed by atoms with Crippen LogP contribution in [0, 0.1) is 5.92 Å². The maximum absolute atomic E-state index is 12.3. The fourth-order valence-electron chi connectivity index (χ4n) is 2.61. The van der Waals surface area contributed by atoms with Crippen LogP contribution in [-0.4, -0.2) is 29.3 Å². The molecule has 1 heterocycles. The van der Waals surface area contributed by atoms with E-state index in [0.29, 0.717) is 17.8 Å². The molecule has 1 fully saturated rings. The van der Waals surface area contributed by atoms with Crippen molar-refractivity contribution in [2.24, 2.45) is 5.92 Å². The maximum Gasteiger partial charge on any atom is 0.225 e. The van der Waals surface area contributed by atoms with E-state index in [4.69, 9.17) is 11.6 Å². The maximum atomic E-state index is 12.3. The largest absolute Gasteiger partial charge is 0.339 e. The molecule has 1 aliphatic rings. The van der Waals surface area contributed by atoms with Crippen LogP contribution in [0.25, 0.3) is 0 Å². The van der Waals surface area contributed by atoms with Crippen LogP contribution in [0.4, 0.5) is 0 Å². The molecule has 0 aromatic heterocycles. The van der Waals surface area contributed by atoms with Crippen molar-refractivity contribution in [1.29, 1.82) is 0 Å². The van der Waals surface area contributed by atoms with E-state index in [1.807, 2.05) is 0 Å². The molecule has 0 aromatic carbocycles. The minimum absolute atomic E-state index is 0.233. The lowest BCUT2D eigenvalue weighted by Crippen LogP contribution is -2.39. The van der Waals surface area contributed by atoms with E-state index < -0.39 is 0 Å². The number of rotatable bonds is 6. The molecule has 16 heavy (non-hydrogen) atoms. The van der Waals surface area contributed by atoms with Gasteiger partial charge in [-0.15, -0.1) is 11.6 Å². The fraction of sp³-hybridized carbons (Fsp3) is 0.923. The van der Waals surface area contributed by atoms with E-state index in [0.717, 1.165) is 32.2 Å². The number of hydrogen-bond acceptors (Lipinski definition) is 1. The van der Waals surface area contributed by atoms with Gasteiger partial charge in [0, 0.05) is 24.4 Å². The molecule has 0 aliphatic carbocycles. The first kappa shape index (κ1) is 13.8. The van der Waals surface area contributed by atoms with Gasteiger partial charge in [0.25, 0.3) is 0 Å². The van der Waals surface area contributed by atoms with E-state index >= 15 is 0 Å². The van der Waals surface area contributed by atoms with Crippen LogP contribution in [-0.2, 0) is 4.79 Å². The van der Waals surface area contributed by atoms with Crippen LogP contribution in [0.5, 0.6) is 0 Å².